The van der Waals surface area contributed by atoms with Crippen molar-refractivity contribution in [2.24, 2.45) is 0 Å². The molecule has 1 aliphatic rings. The predicted molar refractivity (Wildman–Crippen MR) is 160 cm³/mol. The smallest absolute Gasteiger partial charge is 0.253 e. The molecule has 1 aromatic heterocycles. The van der Waals surface area contributed by atoms with Crippen molar-refractivity contribution in [3.8, 4) is 6.07 Å². The summed E-state index contributed by atoms with van der Waals surface area (Å²) in [5.41, 5.74) is 4.08. The standard InChI is InChI=1S/C33H38N6O/c1-36(32(40)28-14-6-3-7-15-28)26-29(27-12-4-2-5-13-27)18-23-37-20-11-21-38(25-24-37)33-35-30-16-8-9-17-31(30)39(33)22-10-19-34/h2-9,12-17,29H,10-11,18,20-26H2,1H3. The van der Waals surface area contributed by atoms with Crippen LogP contribution in [0.3, 0.4) is 0 Å². The normalized spacial score (nSPS) is 14.9. The Labute approximate surface area is 237 Å². The van der Waals surface area contributed by atoms with Gasteiger partial charge in [-0.2, -0.15) is 5.26 Å². The van der Waals surface area contributed by atoms with Crippen molar-refractivity contribution in [2.45, 2.75) is 31.7 Å². The van der Waals surface area contributed by atoms with E-state index in [1.165, 1.54) is 5.56 Å². The number of para-hydroxylation sites is 2. The van der Waals surface area contributed by atoms with Gasteiger partial charge in [-0.25, -0.2) is 4.98 Å². The number of nitrogens with zero attached hydrogens (tertiary/aromatic N) is 6. The van der Waals surface area contributed by atoms with Crippen molar-refractivity contribution in [3.63, 3.8) is 0 Å². The Hall–Kier alpha value is -4.15. The lowest BCUT2D eigenvalue weighted by Gasteiger charge is -2.28. The number of likely N-dealkylation sites (N-methyl/N-ethyl adjacent to an activating group) is 1. The summed E-state index contributed by atoms with van der Waals surface area (Å²) in [7, 11) is 1.91. The number of aryl methyl sites for hydroxylation is 1. The molecule has 5 rings (SSSR count). The first kappa shape index (κ1) is 27.4. The number of hydrogen-bond donors (Lipinski definition) is 0. The molecule has 1 atom stereocenters. The fourth-order valence-corrected chi connectivity index (χ4v) is 5.72. The molecule has 1 aliphatic heterocycles. The second-order valence-corrected chi connectivity index (χ2v) is 10.6. The van der Waals surface area contributed by atoms with E-state index >= 15 is 0 Å². The van der Waals surface area contributed by atoms with Gasteiger partial charge >= 0.3 is 0 Å². The third-order valence-corrected chi connectivity index (χ3v) is 7.88. The van der Waals surface area contributed by atoms with Gasteiger partial charge in [0.05, 0.1) is 23.5 Å². The minimum absolute atomic E-state index is 0.0613. The maximum Gasteiger partial charge on any atom is 0.253 e. The highest BCUT2D eigenvalue weighted by molar-refractivity contribution is 5.94. The van der Waals surface area contributed by atoms with Crippen molar-refractivity contribution < 1.29 is 4.79 Å². The highest BCUT2D eigenvalue weighted by atomic mass is 16.2. The van der Waals surface area contributed by atoms with Crippen molar-refractivity contribution in [1.29, 1.82) is 5.26 Å². The molecule has 7 heteroatoms. The summed E-state index contributed by atoms with van der Waals surface area (Å²) in [5.74, 6) is 1.29. The van der Waals surface area contributed by atoms with Gasteiger partial charge in [-0.05, 0) is 55.8 Å². The molecule has 0 spiro atoms. The molecule has 3 aromatic carbocycles. The number of carbonyl (C=O) groups is 1. The molecule has 1 fully saturated rings. The number of aromatic nitrogens is 2. The molecular formula is C33H38N6O. The maximum atomic E-state index is 13.1. The fraction of sp³-hybridized carbons (Fsp3) is 0.364. The zero-order valence-electron chi connectivity index (χ0n) is 23.3. The van der Waals surface area contributed by atoms with Gasteiger partial charge in [-0.3, -0.25) is 4.79 Å². The molecule has 0 aliphatic carbocycles. The number of fused-ring (bicyclic) bond motifs is 1. The van der Waals surface area contributed by atoms with Gasteiger partial charge in [0.2, 0.25) is 5.95 Å². The fourth-order valence-electron chi connectivity index (χ4n) is 5.72. The summed E-state index contributed by atoms with van der Waals surface area (Å²) in [6.07, 6.45) is 2.51. The average Bonchev–Trinajstić information content (AvgIpc) is 3.20. The number of benzene rings is 3. The van der Waals surface area contributed by atoms with Gasteiger partial charge in [-0.15, -0.1) is 0 Å². The Bertz CT molecular complexity index is 1430. The summed E-state index contributed by atoms with van der Waals surface area (Å²) in [5, 5.41) is 9.22. The number of amides is 1. The first-order valence-electron chi connectivity index (χ1n) is 14.3. The van der Waals surface area contributed by atoms with E-state index in [2.05, 4.69) is 56.8 Å². The van der Waals surface area contributed by atoms with Gasteiger partial charge in [-0.1, -0.05) is 60.7 Å². The Morgan fingerprint density at radius 3 is 2.42 bits per heavy atom. The molecule has 7 nitrogen and oxygen atoms in total. The maximum absolute atomic E-state index is 13.1. The number of imidazole rings is 1. The summed E-state index contributed by atoms with van der Waals surface area (Å²) in [6.45, 7) is 6.16. The molecule has 206 valence electrons. The van der Waals surface area contributed by atoms with Crippen LogP contribution in [0.5, 0.6) is 0 Å². The third kappa shape index (κ3) is 6.52. The van der Waals surface area contributed by atoms with Crippen molar-refractivity contribution in [2.75, 3.05) is 51.2 Å². The van der Waals surface area contributed by atoms with Crippen LogP contribution in [0, 0.1) is 11.3 Å². The number of nitriles is 1. The number of rotatable bonds is 10. The van der Waals surface area contributed by atoms with Crippen LogP contribution in [0.2, 0.25) is 0 Å². The Morgan fingerprint density at radius 1 is 0.925 bits per heavy atom. The average molecular weight is 535 g/mol. The third-order valence-electron chi connectivity index (χ3n) is 7.88. The molecular weight excluding hydrogens is 496 g/mol. The van der Waals surface area contributed by atoms with Gasteiger partial charge in [0, 0.05) is 51.3 Å². The van der Waals surface area contributed by atoms with E-state index in [0.29, 0.717) is 19.5 Å². The summed E-state index contributed by atoms with van der Waals surface area (Å²) in [6, 6.07) is 30.6. The molecule has 1 saturated heterocycles. The zero-order chi connectivity index (χ0) is 27.7. The van der Waals surface area contributed by atoms with Crippen LogP contribution < -0.4 is 4.90 Å². The van der Waals surface area contributed by atoms with E-state index < -0.39 is 0 Å². The molecule has 0 saturated carbocycles. The minimum atomic E-state index is 0.0613. The summed E-state index contributed by atoms with van der Waals surface area (Å²) in [4.78, 5) is 24.8. The molecule has 0 radical (unpaired) electrons. The van der Waals surface area contributed by atoms with Gasteiger partial charge < -0.3 is 19.3 Å². The minimum Gasteiger partial charge on any atom is -0.341 e. The highest BCUT2D eigenvalue weighted by Crippen LogP contribution is 2.25. The summed E-state index contributed by atoms with van der Waals surface area (Å²) < 4.78 is 2.21. The van der Waals surface area contributed by atoms with E-state index in [1.807, 2.05) is 60.5 Å². The lowest BCUT2D eigenvalue weighted by molar-refractivity contribution is 0.0783. The predicted octanol–water partition coefficient (Wildman–Crippen LogP) is 5.41. The Kier molecular flexibility index (Phi) is 9.10. The van der Waals surface area contributed by atoms with Crippen LogP contribution in [-0.4, -0.2) is 71.6 Å². The second-order valence-electron chi connectivity index (χ2n) is 10.6. The van der Waals surface area contributed by atoms with Crippen LogP contribution in [0.4, 0.5) is 5.95 Å². The molecule has 4 aromatic rings. The lowest BCUT2D eigenvalue weighted by atomic mass is 9.94. The number of anilines is 1. The molecule has 2 heterocycles. The highest BCUT2D eigenvalue weighted by Gasteiger charge is 2.23. The number of carbonyl (C=O) groups excluding carboxylic acids is 1. The van der Waals surface area contributed by atoms with Crippen LogP contribution in [0.15, 0.2) is 84.9 Å². The first-order chi connectivity index (χ1) is 19.6. The molecule has 0 bridgehead atoms. The monoisotopic (exact) mass is 534 g/mol. The molecule has 1 unspecified atom stereocenters. The largest absolute Gasteiger partial charge is 0.341 e. The Balaban J connectivity index is 1.24. The van der Waals surface area contributed by atoms with E-state index in [1.54, 1.807) is 0 Å². The van der Waals surface area contributed by atoms with Gasteiger partial charge in [0.15, 0.2) is 0 Å². The van der Waals surface area contributed by atoms with Gasteiger partial charge in [0.25, 0.3) is 5.91 Å². The first-order valence-corrected chi connectivity index (χ1v) is 14.3. The van der Waals surface area contributed by atoms with Crippen molar-refractivity contribution >= 4 is 22.9 Å². The van der Waals surface area contributed by atoms with E-state index in [4.69, 9.17) is 4.98 Å². The SMILES string of the molecule is CN(CC(CCN1CCCN(c2nc3ccccc3n2CCC#N)CC1)c1ccccc1)C(=O)c1ccccc1. The number of hydrogen-bond acceptors (Lipinski definition) is 5. The Morgan fingerprint density at radius 2 is 1.65 bits per heavy atom. The van der Waals surface area contributed by atoms with Crippen molar-refractivity contribution in [1.82, 2.24) is 19.4 Å². The van der Waals surface area contributed by atoms with Crippen LogP contribution in [-0.2, 0) is 6.54 Å². The van der Waals surface area contributed by atoms with E-state index in [0.717, 1.165) is 68.1 Å². The van der Waals surface area contributed by atoms with Crippen LogP contribution in [0.1, 0.15) is 41.1 Å². The molecule has 1 amide bonds. The second kappa shape index (κ2) is 13.3. The summed E-state index contributed by atoms with van der Waals surface area (Å²) >= 11 is 0. The van der Waals surface area contributed by atoms with Gasteiger partial charge in [0.1, 0.15) is 0 Å². The topological polar surface area (TPSA) is 68.4 Å². The molecule has 0 N–H and O–H groups in total. The molecule has 40 heavy (non-hydrogen) atoms. The lowest BCUT2D eigenvalue weighted by Crippen LogP contribution is -2.35. The van der Waals surface area contributed by atoms with E-state index in [9.17, 15) is 10.1 Å². The zero-order valence-corrected chi connectivity index (χ0v) is 23.3. The van der Waals surface area contributed by atoms with E-state index in [-0.39, 0.29) is 11.8 Å². The van der Waals surface area contributed by atoms with Crippen LogP contribution >= 0.6 is 0 Å². The van der Waals surface area contributed by atoms with Crippen LogP contribution in [0.25, 0.3) is 11.0 Å². The van der Waals surface area contributed by atoms with Crippen molar-refractivity contribution in [3.05, 3.63) is 96.1 Å². The quantitative estimate of drug-likeness (QED) is 0.272.